The molecule has 2 rings (SSSR count). The fourth-order valence-corrected chi connectivity index (χ4v) is 3.54. The molecule has 2 N–H and O–H groups in total. The molecule has 0 bridgehead atoms. The van der Waals surface area contributed by atoms with Crippen LogP contribution in [0.2, 0.25) is 0 Å². The molecule has 0 aliphatic heterocycles. The second-order valence-corrected chi connectivity index (χ2v) is 5.54. The van der Waals surface area contributed by atoms with E-state index in [1.54, 1.807) is 0 Å². The summed E-state index contributed by atoms with van der Waals surface area (Å²) in [4.78, 5) is 0. The zero-order valence-corrected chi connectivity index (χ0v) is 10.1. The topological polar surface area (TPSA) is 26.0 Å². The number of hydrogen-bond donors (Lipinski definition) is 1. The van der Waals surface area contributed by atoms with Gasteiger partial charge in [0.1, 0.15) is 0 Å². The Morgan fingerprint density at radius 2 is 2.20 bits per heavy atom. The van der Waals surface area contributed by atoms with Crippen molar-refractivity contribution < 1.29 is 0 Å². The SMILES string of the molecule is CCCCSC1Cc2ccccc2C1N. The van der Waals surface area contributed by atoms with Crippen LogP contribution in [0.15, 0.2) is 24.3 Å². The molecule has 1 nitrogen and oxygen atoms in total. The monoisotopic (exact) mass is 221 g/mol. The molecule has 15 heavy (non-hydrogen) atoms. The van der Waals surface area contributed by atoms with Crippen LogP contribution >= 0.6 is 11.8 Å². The average molecular weight is 221 g/mol. The molecule has 1 aromatic carbocycles. The summed E-state index contributed by atoms with van der Waals surface area (Å²) in [6, 6.07) is 8.86. The normalized spacial score (nSPS) is 24.1. The van der Waals surface area contributed by atoms with Crippen molar-refractivity contribution in [3.05, 3.63) is 35.4 Å². The lowest BCUT2D eigenvalue weighted by Crippen LogP contribution is -2.19. The molecule has 1 aromatic rings. The molecule has 82 valence electrons. The number of thioether (sulfide) groups is 1. The molecule has 1 aliphatic carbocycles. The molecule has 0 radical (unpaired) electrons. The highest BCUT2D eigenvalue weighted by atomic mass is 32.2. The summed E-state index contributed by atoms with van der Waals surface area (Å²) in [6.45, 7) is 2.24. The Kier molecular flexibility index (Phi) is 3.71. The summed E-state index contributed by atoms with van der Waals surface area (Å²) in [6.07, 6.45) is 3.75. The smallest absolute Gasteiger partial charge is 0.0421 e. The Morgan fingerprint density at radius 1 is 1.40 bits per heavy atom. The Morgan fingerprint density at radius 3 is 2.93 bits per heavy atom. The maximum absolute atomic E-state index is 6.25. The minimum Gasteiger partial charge on any atom is -0.323 e. The van der Waals surface area contributed by atoms with E-state index >= 15 is 0 Å². The van der Waals surface area contributed by atoms with Crippen LogP contribution in [0.1, 0.15) is 36.9 Å². The van der Waals surface area contributed by atoms with Gasteiger partial charge in [0.2, 0.25) is 0 Å². The molecule has 1 aliphatic rings. The molecule has 0 fully saturated rings. The third kappa shape index (κ3) is 2.37. The van der Waals surface area contributed by atoms with Gasteiger partial charge in [0.25, 0.3) is 0 Å². The van der Waals surface area contributed by atoms with Crippen LogP contribution < -0.4 is 5.73 Å². The van der Waals surface area contributed by atoms with E-state index in [-0.39, 0.29) is 6.04 Å². The van der Waals surface area contributed by atoms with Crippen molar-refractivity contribution in [2.24, 2.45) is 5.73 Å². The van der Waals surface area contributed by atoms with Gasteiger partial charge in [0.15, 0.2) is 0 Å². The molecular weight excluding hydrogens is 202 g/mol. The second kappa shape index (κ2) is 5.04. The van der Waals surface area contributed by atoms with Crippen molar-refractivity contribution in [2.45, 2.75) is 37.5 Å². The van der Waals surface area contributed by atoms with E-state index in [0.717, 1.165) is 6.42 Å². The van der Waals surface area contributed by atoms with Crippen LogP contribution in [0.25, 0.3) is 0 Å². The molecule has 2 heteroatoms. The summed E-state index contributed by atoms with van der Waals surface area (Å²) in [7, 11) is 0. The lowest BCUT2D eigenvalue weighted by Gasteiger charge is -2.15. The molecule has 0 amide bonds. The summed E-state index contributed by atoms with van der Waals surface area (Å²) in [5.74, 6) is 1.25. The van der Waals surface area contributed by atoms with Crippen molar-refractivity contribution in [1.29, 1.82) is 0 Å². The van der Waals surface area contributed by atoms with E-state index in [1.165, 1.54) is 29.7 Å². The minimum absolute atomic E-state index is 0.253. The Hall–Kier alpha value is -0.470. The number of unbranched alkanes of at least 4 members (excludes halogenated alkanes) is 1. The van der Waals surface area contributed by atoms with Gasteiger partial charge in [-0.3, -0.25) is 0 Å². The first kappa shape index (κ1) is 11.0. The van der Waals surface area contributed by atoms with E-state index in [9.17, 15) is 0 Å². The quantitative estimate of drug-likeness (QED) is 0.790. The van der Waals surface area contributed by atoms with Gasteiger partial charge in [-0.25, -0.2) is 0 Å². The molecule has 0 aromatic heterocycles. The van der Waals surface area contributed by atoms with Gasteiger partial charge >= 0.3 is 0 Å². The van der Waals surface area contributed by atoms with Gasteiger partial charge in [-0.15, -0.1) is 0 Å². The second-order valence-electron chi connectivity index (χ2n) is 4.19. The Balaban J connectivity index is 1.97. The molecule has 0 spiro atoms. The van der Waals surface area contributed by atoms with Gasteiger partial charge in [0, 0.05) is 11.3 Å². The third-order valence-corrected chi connectivity index (χ3v) is 4.48. The number of fused-ring (bicyclic) bond motifs is 1. The van der Waals surface area contributed by atoms with Crippen LogP contribution in [0.3, 0.4) is 0 Å². The molecule has 0 saturated carbocycles. The molecule has 2 atom stereocenters. The first-order valence-electron chi connectivity index (χ1n) is 5.78. The lowest BCUT2D eigenvalue weighted by molar-refractivity contribution is 0.729. The maximum Gasteiger partial charge on any atom is 0.0421 e. The summed E-state index contributed by atoms with van der Waals surface area (Å²) in [5.41, 5.74) is 9.08. The van der Waals surface area contributed by atoms with E-state index < -0.39 is 0 Å². The van der Waals surface area contributed by atoms with Crippen molar-refractivity contribution in [3.63, 3.8) is 0 Å². The number of nitrogens with two attached hydrogens (primary N) is 1. The highest BCUT2D eigenvalue weighted by molar-refractivity contribution is 7.99. The van der Waals surface area contributed by atoms with Crippen LogP contribution in [-0.2, 0) is 6.42 Å². The van der Waals surface area contributed by atoms with E-state index in [1.807, 2.05) is 11.8 Å². The van der Waals surface area contributed by atoms with Gasteiger partial charge in [-0.1, -0.05) is 37.6 Å². The van der Waals surface area contributed by atoms with Gasteiger partial charge in [-0.2, -0.15) is 11.8 Å². The molecule has 0 saturated heterocycles. The van der Waals surface area contributed by atoms with Crippen molar-refractivity contribution in [2.75, 3.05) is 5.75 Å². The van der Waals surface area contributed by atoms with Crippen molar-refractivity contribution in [3.8, 4) is 0 Å². The van der Waals surface area contributed by atoms with E-state index in [4.69, 9.17) is 5.73 Å². The lowest BCUT2D eigenvalue weighted by atomic mass is 10.1. The Labute approximate surface area is 96.4 Å². The fourth-order valence-electron chi connectivity index (χ4n) is 2.13. The summed E-state index contributed by atoms with van der Waals surface area (Å²) < 4.78 is 0. The largest absolute Gasteiger partial charge is 0.323 e. The highest BCUT2D eigenvalue weighted by Crippen LogP contribution is 2.36. The van der Waals surface area contributed by atoms with Crippen LogP contribution in [0, 0.1) is 0 Å². The third-order valence-electron chi connectivity index (χ3n) is 3.07. The average Bonchev–Trinajstić information content (AvgIpc) is 2.57. The van der Waals surface area contributed by atoms with E-state index in [2.05, 4.69) is 31.2 Å². The number of benzene rings is 1. The van der Waals surface area contributed by atoms with Crippen LogP contribution in [-0.4, -0.2) is 11.0 Å². The zero-order valence-electron chi connectivity index (χ0n) is 9.28. The van der Waals surface area contributed by atoms with Gasteiger partial charge in [-0.05, 0) is 29.7 Å². The van der Waals surface area contributed by atoms with Crippen molar-refractivity contribution >= 4 is 11.8 Å². The first-order chi connectivity index (χ1) is 7.33. The standard InChI is InChI=1S/C13H19NS/c1-2-3-8-15-12-9-10-6-4-5-7-11(10)13(12)14/h4-7,12-13H,2-3,8-9,14H2,1H3. The van der Waals surface area contributed by atoms with Gasteiger partial charge < -0.3 is 5.73 Å². The predicted molar refractivity (Wildman–Crippen MR) is 68.2 cm³/mol. The van der Waals surface area contributed by atoms with Crippen LogP contribution in [0.4, 0.5) is 0 Å². The van der Waals surface area contributed by atoms with Gasteiger partial charge in [0.05, 0.1) is 0 Å². The highest BCUT2D eigenvalue weighted by Gasteiger charge is 2.28. The summed E-state index contributed by atoms with van der Waals surface area (Å²) in [5, 5.41) is 0.606. The molecule has 0 heterocycles. The minimum atomic E-state index is 0.253. The van der Waals surface area contributed by atoms with E-state index in [0.29, 0.717) is 5.25 Å². The number of rotatable bonds is 4. The molecule has 2 unspecified atom stereocenters. The first-order valence-corrected chi connectivity index (χ1v) is 6.82. The zero-order chi connectivity index (χ0) is 10.7. The van der Waals surface area contributed by atoms with Crippen molar-refractivity contribution in [1.82, 2.24) is 0 Å². The molecular formula is C13H19NS. The maximum atomic E-state index is 6.25. The fraction of sp³-hybridized carbons (Fsp3) is 0.538. The summed E-state index contributed by atoms with van der Waals surface area (Å²) >= 11 is 2.05. The van der Waals surface area contributed by atoms with Crippen LogP contribution in [0.5, 0.6) is 0 Å². The predicted octanol–water partition coefficient (Wildman–Crippen LogP) is 3.14. The Bertz CT molecular complexity index is 324. The number of hydrogen-bond acceptors (Lipinski definition) is 2.